The lowest BCUT2D eigenvalue weighted by Gasteiger charge is -2.12. The minimum absolute atomic E-state index is 0.127. The van der Waals surface area contributed by atoms with E-state index in [0.717, 1.165) is 6.54 Å². The van der Waals surface area contributed by atoms with E-state index in [-0.39, 0.29) is 5.91 Å². The van der Waals surface area contributed by atoms with Crippen LogP contribution in [-0.4, -0.2) is 29.2 Å². The number of H-pyrrole nitrogens is 1. The van der Waals surface area contributed by atoms with Gasteiger partial charge in [0.2, 0.25) is 0 Å². The number of hydrogen-bond acceptors (Lipinski definition) is 4. The third-order valence-corrected chi connectivity index (χ3v) is 3.63. The summed E-state index contributed by atoms with van der Waals surface area (Å²) in [5.74, 6) is -0.127. The summed E-state index contributed by atoms with van der Waals surface area (Å²) in [7, 11) is 0. The Hall–Kier alpha value is -1.66. The van der Waals surface area contributed by atoms with Gasteiger partial charge in [-0.1, -0.05) is 6.07 Å². The van der Waals surface area contributed by atoms with E-state index >= 15 is 0 Å². The molecular formula is C12H16N4OS. The minimum Gasteiger partial charge on any atom is -0.349 e. The van der Waals surface area contributed by atoms with Crippen LogP contribution >= 0.6 is 11.3 Å². The molecule has 0 fully saturated rings. The molecule has 0 spiro atoms. The van der Waals surface area contributed by atoms with Crippen LogP contribution in [0.15, 0.2) is 29.8 Å². The molecule has 2 heterocycles. The van der Waals surface area contributed by atoms with E-state index in [2.05, 4.69) is 39.2 Å². The Morgan fingerprint density at radius 1 is 1.50 bits per heavy atom. The summed E-state index contributed by atoms with van der Waals surface area (Å²) >= 11 is 1.73. The molecule has 0 radical (unpaired) electrons. The summed E-state index contributed by atoms with van der Waals surface area (Å²) in [6.45, 7) is 3.44. The number of aromatic amines is 1. The van der Waals surface area contributed by atoms with Gasteiger partial charge in [0.15, 0.2) is 0 Å². The molecule has 0 saturated heterocycles. The predicted molar refractivity (Wildman–Crippen MR) is 71.7 cm³/mol. The summed E-state index contributed by atoms with van der Waals surface area (Å²) < 4.78 is 0. The molecule has 2 rings (SSSR count). The van der Waals surface area contributed by atoms with Gasteiger partial charge >= 0.3 is 0 Å². The van der Waals surface area contributed by atoms with Crippen molar-refractivity contribution in [2.24, 2.45) is 0 Å². The maximum absolute atomic E-state index is 11.6. The van der Waals surface area contributed by atoms with Gasteiger partial charge in [-0.15, -0.1) is 11.3 Å². The number of hydrogen-bond donors (Lipinski definition) is 3. The normalized spacial score (nSPS) is 12.3. The van der Waals surface area contributed by atoms with Crippen LogP contribution in [0, 0.1) is 0 Å². The van der Waals surface area contributed by atoms with E-state index in [0.29, 0.717) is 18.3 Å². The Kier molecular flexibility index (Phi) is 4.49. The molecule has 0 saturated carbocycles. The average molecular weight is 264 g/mol. The highest BCUT2D eigenvalue weighted by Crippen LogP contribution is 2.17. The molecule has 6 heteroatoms. The zero-order chi connectivity index (χ0) is 12.8. The van der Waals surface area contributed by atoms with Gasteiger partial charge in [-0.3, -0.25) is 9.89 Å². The first-order valence-corrected chi connectivity index (χ1v) is 6.69. The molecule has 5 nitrogen and oxygen atoms in total. The van der Waals surface area contributed by atoms with E-state index in [1.165, 1.54) is 4.88 Å². The zero-order valence-electron chi connectivity index (χ0n) is 10.1. The summed E-state index contributed by atoms with van der Waals surface area (Å²) in [6, 6.07) is 6.11. The van der Waals surface area contributed by atoms with E-state index in [1.807, 2.05) is 6.07 Å². The first kappa shape index (κ1) is 12.8. The second kappa shape index (κ2) is 6.32. The number of nitrogens with zero attached hydrogens (tertiary/aromatic N) is 1. The Morgan fingerprint density at radius 2 is 2.39 bits per heavy atom. The lowest BCUT2D eigenvalue weighted by atomic mass is 10.3. The molecule has 0 aromatic carbocycles. The second-order valence-corrected chi connectivity index (χ2v) is 4.90. The Morgan fingerprint density at radius 3 is 3.06 bits per heavy atom. The van der Waals surface area contributed by atoms with Gasteiger partial charge in [0.1, 0.15) is 5.69 Å². The molecule has 0 unspecified atom stereocenters. The molecule has 0 aliphatic heterocycles. The fourth-order valence-electron chi connectivity index (χ4n) is 1.58. The van der Waals surface area contributed by atoms with Crippen molar-refractivity contribution in [2.45, 2.75) is 13.0 Å². The highest BCUT2D eigenvalue weighted by Gasteiger charge is 2.07. The number of aromatic nitrogens is 2. The van der Waals surface area contributed by atoms with Gasteiger partial charge in [-0.05, 0) is 24.4 Å². The van der Waals surface area contributed by atoms with E-state index in [9.17, 15) is 4.79 Å². The molecule has 18 heavy (non-hydrogen) atoms. The van der Waals surface area contributed by atoms with Crippen LogP contribution < -0.4 is 10.6 Å². The van der Waals surface area contributed by atoms with Crippen LogP contribution in [0.25, 0.3) is 0 Å². The molecule has 1 atom stereocenters. The van der Waals surface area contributed by atoms with E-state index < -0.39 is 0 Å². The largest absolute Gasteiger partial charge is 0.349 e. The van der Waals surface area contributed by atoms with Crippen molar-refractivity contribution in [3.05, 3.63) is 40.3 Å². The second-order valence-electron chi connectivity index (χ2n) is 3.92. The average Bonchev–Trinajstić information content (AvgIpc) is 3.05. The first-order valence-electron chi connectivity index (χ1n) is 5.81. The van der Waals surface area contributed by atoms with E-state index in [1.54, 1.807) is 23.6 Å². The van der Waals surface area contributed by atoms with E-state index in [4.69, 9.17) is 0 Å². The van der Waals surface area contributed by atoms with Crippen LogP contribution in [0.2, 0.25) is 0 Å². The van der Waals surface area contributed by atoms with Crippen molar-refractivity contribution in [3.63, 3.8) is 0 Å². The summed E-state index contributed by atoms with van der Waals surface area (Å²) in [5, 5.41) is 14.6. The van der Waals surface area contributed by atoms with Crippen LogP contribution in [0.4, 0.5) is 0 Å². The van der Waals surface area contributed by atoms with Crippen molar-refractivity contribution >= 4 is 17.2 Å². The first-order chi connectivity index (χ1) is 8.77. The Labute approximate surface area is 110 Å². The predicted octanol–water partition coefficient (Wildman–Crippen LogP) is 1.55. The van der Waals surface area contributed by atoms with Crippen LogP contribution in [-0.2, 0) is 0 Å². The van der Waals surface area contributed by atoms with Gasteiger partial charge < -0.3 is 10.6 Å². The lowest BCUT2D eigenvalue weighted by molar-refractivity contribution is 0.0948. The third-order valence-electron chi connectivity index (χ3n) is 2.58. The molecule has 1 amide bonds. The quantitative estimate of drug-likeness (QED) is 0.693. The molecule has 0 bridgehead atoms. The van der Waals surface area contributed by atoms with Crippen molar-refractivity contribution < 1.29 is 4.79 Å². The highest BCUT2D eigenvalue weighted by atomic mass is 32.1. The van der Waals surface area contributed by atoms with Gasteiger partial charge in [0, 0.05) is 30.2 Å². The van der Waals surface area contributed by atoms with Gasteiger partial charge in [-0.25, -0.2) is 0 Å². The Balaban J connectivity index is 1.66. The SMILES string of the molecule is C[C@@H](NCCNC(=O)c1ccn[nH]1)c1cccs1. The number of thiophene rings is 1. The van der Waals surface area contributed by atoms with Crippen molar-refractivity contribution in [1.82, 2.24) is 20.8 Å². The number of carbonyl (C=O) groups is 1. The van der Waals surface area contributed by atoms with Gasteiger partial charge in [-0.2, -0.15) is 5.10 Å². The molecule has 0 aliphatic rings. The highest BCUT2D eigenvalue weighted by molar-refractivity contribution is 7.10. The molecule has 96 valence electrons. The Bertz CT molecular complexity index is 466. The number of nitrogens with one attached hydrogen (secondary N) is 3. The fourth-order valence-corrected chi connectivity index (χ4v) is 2.34. The van der Waals surface area contributed by atoms with Crippen molar-refractivity contribution in [1.29, 1.82) is 0 Å². The fraction of sp³-hybridized carbons (Fsp3) is 0.333. The van der Waals surface area contributed by atoms with Crippen molar-refractivity contribution in [2.75, 3.05) is 13.1 Å². The van der Waals surface area contributed by atoms with Crippen LogP contribution in [0.5, 0.6) is 0 Å². The molecule has 2 aromatic rings. The van der Waals surface area contributed by atoms with Crippen LogP contribution in [0.1, 0.15) is 28.3 Å². The summed E-state index contributed by atoms with van der Waals surface area (Å²) in [5.41, 5.74) is 0.487. The lowest BCUT2D eigenvalue weighted by Crippen LogP contribution is -2.32. The third kappa shape index (κ3) is 3.41. The van der Waals surface area contributed by atoms with Gasteiger partial charge in [0.05, 0.1) is 0 Å². The number of amides is 1. The van der Waals surface area contributed by atoms with Crippen molar-refractivity contribution in [3.8, 4) is 0 Å². The zero-order valence-corrected chi connectivity index (χ0v) is 11.0. The number of carbonyl (C=O) groups excluding carboxylic acids is 1. The smallest absolute Gasteiger partial charge is 0.269 e. The topological polar surface area (TPSA) is 69.8 Å². The minimum atomic E-state index is -0.127. The maximum Gasteiger partial charge on any atom is 0.269 e. The monoisotopic (exact) mass is 264 g/mol. The molecular weight excluding hydrogens is 248 g/mol. The molecule has 2 aromatic heterocycles. The number of rotatable bonds is 6. The molecule has 0 aliphatic carbocycles. The summed E-state index contributed by atoms with van der Waals surface area (Å²) in [4.78, 5) is 12.9. The summed E-state index contributed by atoms with van der Waals surface area (Å²) in [6.07, 6.45) is 1.56. The van der Waals surface area contributed by atoms with Gasteiger partial charge in [0.25, 0.3) is 5.91 Å². The standard InChI is InChI=1S/C12H16N4OS/c1-9(11-3-2-8-18-11)13-6-7-14-12(17)10-4-5-15-16-10/h2-5,8-9,13H,6-7H2,1H3,(H,14,17)(H,15,16)/t9-/m1/s1. The molecule has 3 N–H and O–H groups in total. The maximum atomic E-state index is 11.6. The van der Waals surface area contributed by atoms with Crippen LogP contribution in [0.3, 0.4) is 0 Å².